The number of amides is 1. The first-order chi connectivity index (χ1) is 65.2. The second kappa shape index (κ2) is 44.4. The molecule has 0 unspecified atom stereocenters. The molecule has 718 valence electrons. The summed E-state index contributed by atoms with van der Waals surface area (Å²) in [6.07, 6.45) is 1.13. The molecule has 1 fully saturated rings. The third-order valence-electron chi connectivity index (χ3n) is 25.6. The van der Waals surface area contributed by atoms with Crippen LogP contribution in [0.25, 0.3) is 20.0 Å². The summed E-state index contributed by atoms with van der Waals surface area (Å²) in [5, 5.41) is 57.6. The Balaban J connectivity index is 0.000000145. The van der Waals surface area contributed by atoms with Crippen LogP contribution < -0.4 is 0 Å². The first-order valence-electron chi connectivity index (χ1n) is 46.7. The van der Waals surface area contributed by atoms with E-state index in [1.165, 1.54) is 64.0 Å². The normalized spacial score (nSPS) is 15.9. The number of methoxy groups -OCH3 is 2. The highest BCUT2D eigenvalue weighted by Gasteiger charge is 2.40. The molecule has 0 aliphatic carbocycles. The maximum Gasteiger partial charge on any atom is 0.308 e. The number of benzene rings is 4. The van der Waals surface area contributed by atoms with Crippen LogP contribution in [0.1, 0.15) is 290 Å². The lowest BCUT2D eigenvalue weighted by Gasteiger charge is -2.34. The molecule has 4 atom stereocenters. The zero-order chi connectivity index (χ0) is 97.4. The number of esters is 3. The maximum absolute atomic E-state index is 13.5. The molecule has 1 amide bonds. The van der Waals surface area contributed by atoms with Crippen molar-refractivity contribution < 1.29 is 53.1 Å². The number of hydrogen-bond acceptors (Lipinski definition) is 28. The largest absolute Gasteiger partial charge is 0.466 e. The van der Waals surface area contributed by atoms with Gasteiger partial charge in [0.2, 0.25) is 5.91 Å². The Morgan fingerprint density at radius 3 is 0.882 bits per heavy atom. The minimum atomic E-state index is -0.540. The number of rotatable bonds is 27. The van der Waals surface area contributed by atoms with Gasteiger partial charge >= 0.3 is 17.9 Å². The number of aliphatic imine (C=N–C) groups is 4. The number of fused-ring (bicyclic) bond motifs is 12. The van der Waals surface area contributed by atoms with E-state index in [1.54, 1.807) is 59.6 Å². The molecule has 13 heterocycles. The van der Waals surface area contributed by atoms with E-state index in [1.807, 2.05) is 41.7 Å². The van der Waals surface area contributed by atoms with Gasteiger partial charge in [0.05, 0.1) is 75.0 Å². The van der Waals surface area contributed by atoms with Crippen LogP contribution in [0.4, 0.5) is 0 Å². The van der Waals surface area contributed by atoms with Gasteiger partial charge in [-0.25, -0.2) is 0 Å². The number of aliphatic hydroxyl groups is 2. The molecule has 5 aliphatic heterocycles. The van der Waals surface area contributed by atoms with Crippen molar-refractivity contribution >= 4 is 92.0 Å². The summed E-state index contributed by atoms with van der Waals surface area (Å²) in [5.74, 6) is 6.60. The van der Waals surface area contributed by atoms with Crippen LogP contribution in [-0.4, -0.2) is 219 Å². The number of piperazine rings is 1. The fraction of sp³-hybridized carbons (Fsp3) is 0.456. The average Bonchev–Trinajstić information content (AvgIpc) is 1.60. The zero-order valence-electron chi connectivity index (χ0n) is 82.1. The zero-order valence-corrected chi connectivity index (χ0v) is 85.4. The van der Waals surface area contributed by atoms with E-state index in [0.717, 1.165) is 130 Å². The van der Waals surface area contributed by atoms with Gasteiger partial charge in [0, 0.05) is 124 Å². The lowest BCUT2D eigenvalue weighted by Crippen LogP contribution is -2.49. The monoisotopic (exact) mass is 1920 g/mol. The van der Waals surface area contributed by atoms with Gasteiger partial charge in [-0.15, -0.1) is 86.1 Å². The second-order valence-electron chi connectivity index (χ2n) is 36.2. The highest BCUT2D eigenvalue weighted by Crippen LogP contribution is 2.46. The molecular formula is C103H126N18O11S4. The van der Waals surface area contributed by atoms with Crippen molar-refractivity contribution in [3.8, 4) is 20.0 Å². The van der Waals surface area contributed by atoms with E-state index in [0.29, 0.717) is 87.0 Å². The summed E-state index contributed by atoms with van der Waals surface area (Å²) in [4.78, 5) is 80.9. The molecule has 8 aromatic heterocycles. The number of aromatic nitrogens is 12. The third-order valence-corrected chi connectivity index (χ3v) is 30.4. The summed E-state index contributed by atoms with van der Waals surface area (Å²) in [5.41, 5.74) is 21.8. The minimum Gasteiger partial charge on any atom is -0.466 e. The van der Waals surface area contributed by atoms with Gasteiger partial charge in [-0.3, -0.25) is 62.3 Å². The topological polar surface area (TPSA) is 334 Å². The van der Waals surface area contributed by atoms with Crippen molar-refractivity contribution in [3.63, 3.8) is 0 Å². The number of nitrogens with zero attached hydrogens (tertiary/aromatic N) is 18. The predicted octanol–water partition coefficient (Wildman–Crippen LogP) is 18.1. The lowest BCUT2D eigenvalue weighted by atomic mass is 9.96. The summed E-state index contributed by atoms with van der Waals surface area (Å²) in [6, 6.07) is 32.3. The van der Waals surface area contributed by atoms with Crippen LogP contribution in [0.5, 0.6) is 0 Å². The number of carbonyl (C=O) groups excluding carboxylic acids is 4. The summed E-state index contributed by atoms with van der Waals surface area (Å²) >= 11 is 6.83. The van der Waals surface area contributed by atoms with Crippen molar-refractivity contribution in [1.29, 1.82) is 0 Å². The van der Waals surface area contributed by atoms with Crippen molar-refractivity contribution in [3.05, 3.63) is 252 Å². The van der Waals surface area contributed by atoms with Crippen LogP contribution in [0.3, 0.4) is 0 Å². The molecular weight excluding hydrogens is 1790 g/mol. The lowest BCUT2D eigenvalue weighted by molar-refractivity contribution is -0.146. The molecule has 2 N–H and O–H groups in total. The molecule has 0 radical (unpaired) electrons. The number of ether oxygens (including phenoxy) is 5. The van der Waals surface area contributed by atoms with Crippen molar-refractivity contribution in [2.45, 2.75) is 218 Å². The molecule has 0 bridgehead atoms. The molecule has 0 spiro atoms. The molecule has 1 saturated heterocycles. The predicted molar refractivity (Wildman–Crippen MR) is 536 cm³/mol. The highest BCUT2D eigenvalue weighted by atomic mass is 32.1. The van der Waals surface area contributed by atoms with Crippen LogP contribution in [0, 0.1) is 83.1 Å². The Kier molecular flexibility index (Phi) is 32.8. The number of β-amino-alcohol motifs (C(OH)–C–C–N with tert-alkyl or cyclic N) is 1. The Hall–Kier alpha value is -11.4. The van der Waals surface area contributed by atoms with Crippen LogP contribution in [0.2, 0.25) is 0 Å². The van der Waals surface area contributed by atoms with Gasteiger partial charge in [0.25, 0.3) is 0 Å². The standard InChI is InChI=1S/C28H36N6O2S.C26H32N4O3S.C25H30N4O3S.C24H28N4O3S/c1-17(2)21-6-8-22(9-7-21)26-25-18(3)19(4)37-28(25)34-20(5)30-31-27(34)23(29-26)16-24(36)33-12-10-32(11-13-33)14-15-35;1-15(2)19-8-10-20(11-9-19)24-23-16(3)17(4)34-26(23)30-18(5)28-29-25(30)21(27-24)14-22(31)33-13-7-12-32-6;1-14(2)18-7-9-19(10-8-18)23-22-15(3)16(4)33-25(22)29-17(5)27-28-24(29)20(26-23)13-21(30)32-12-11-31-6;1-13(2)17-6-8-18(9-7-17)22-21-14(3)15(4)32-24(21)28-16(5)26-27-23(28)19(25-22)12-20(30)31-11-10-29/h6-9,17,23,35H,10-16H2,1-5H3;8-11,15,21H,7,12-14H2,1-6H3;7-10,14,20H,11-13H2,1-6H3;6-9,13,19,29H,10-12H2,1-5H3/t23-;21-;20-;19-/m0000/s1. The number of aryl methyl sites for hydroxylation is 8. The van der Waals surface area contributed by atoms with Crippen molar-refractivity contribution in [1.82, 2.24) is 68.9 Å². The van der Waals surface area contributed by atoms with Crippen LogP contribution >= 0.6 is 45.3 Å². The van der Waals surface area contributed by atoms with Gasteiger partial charge in [-0.2, -0.15) is 0 Å². The summed E-state index contributed by atoms with van der Waals surface area (Å²) in [6.45, 7) is 47.1. The van der Waals surface area contributed by atoms with E-state index < -0.39 is 30.1 Å². The minimum absolute atomic E-state index is 0.0265. The Labute approximate surface area is 812 Å². The Bertz CT molecular complexity index is 6420. The fourth-order valence-corrected chi connectivity index (χ4v) is 22.2. The van der Waals surface area contributed by atoms with E-state index >= 15 is 0 Å². The van der Waals surface area contributed by atoms with E-state index in [9.17, 15) is 24.3 Å². The van der Waals surface area contributed by atoms with E-state index in [4.69, 9.17) is 48.8 Å². The third kappa shape index (κ3) is 21.8. The van der Waals surface area contributed by atoms with E-state index in [2.05, 4.69) is 263 Å². The molecule has 4 aromatic carbocycles. The number of hydrogen-bond donors (Lipinski definition) is 2. The highest BCUT2D eigenvalue weighted by molar-refractivity contribution is 7.16. The van der Waals surface area contributed by atoms with Crippen LogP contribution in [0.15, 0.2) is 117 Å². The molecule has 29 nitrogen and oxygen atoms in total. The average molecular weight is 1920 g/mol. The number of carbonyl (C=O) groups is 4. The molecule has 12 aromatic rings. The number of thiophene rings is 4. The van der Waals surface area contributed by atoms with Gasteiger partial charge in [0.1, 0.15) is 80.7 Å². The molecule has 0 saturated carbocycles. The molecule has 33 heteroatoms. The van der Waals surface area contributed by atoms with Crippen LogP contribution in [-0.2, 0) is 42.9 Å². The Morgan fingerprint density at radius 2 is 0.618 bits per heavy atom. The van der Waals surface area contributed by atoms with Gasteiger partial charge in [-0.1, -0.05) is 152 Å². The smallest absolute Gasteiger partial charge is 0.308 e. The Morgan fingerprint density at radius 1 is 0.346 bits per heavy atom. The number of aliphatic hydroxyl groups excluding tert-OH is 2. The quantitative estimate of drug-likeness (QED) is 0.0274. The SMILES string of the molecule is COCCCOC(=O)C[C@@H]1N=C(c2ccc(C(C)C)cc2)c2c(sc(C)c2C)-n2c(C)nnc21.COCCOC(=O)C[C@@H]1N=C(c2ccc(C(C)C)cc2)c2c(sc(C)c2C)-n2c(C)nnc21.Cc1sc2c(c1C)C(c1ccc(C(C)C)cc1)=N[C@@H](CC(=O)N1CCN(CCO)CC1)c1nnc(C)n1-2.Cc1sc2c(c1C)C(c1ccc(C(C)C)cc1)=N[C@@H](CC(=O)OCCO)c1nnc(C)n1-2. The van der Waals surface area contributed by atoms with Gasteiger partial charge in [-0.05, 0) is 151 Å². The molecule has 5 aliphatic rings. The van der Waals surface area contributed by atoms with Crippen molar-refractivity contribution in [2.24, 2.45) is 20.0 Å². The second-order valence-corrected chi connectivity index (χ2v) is 41.0. The van der Waals surface area contributed by atoms with Gasteiger partial charge in [0.15, 0.2) is 23.3 Å². The molecule has 17 rings (SSSR count). The van der Waals surface area contributed by atoms with Crippen molar-refractivity contribution in [2.75, 3.05) is 93.2 Å². The van der Waals surface area contributed by atoms with E-state index in [-0.39, 0.29) is 70.0 Å². The van der Waals surface area contributed by atoms with Gasteiger partial charge < -0.3 is 38.8 Å². The fourth-order valence-electron chi connectivity index (χ4n) is 17.3. The summed E-state index contributed by atoms with van der Waals surface area (Å²) < 4.78 is 34.2. The first-order valence-corrected chi connectivity index (χ1v) is 50.0. The molecule has 136 heavy (non-hydrogen) atoms. The summed E-state index contributed by atoms with van der Waals surface area (Å²) in [7, 11) is 3.21. The first kappa shape index (κ1) is 101. The maximum atomic E-state index is 13.5.